The number of benzene rings is 2. The maximum Gasteiger partial charge on any atom is 0.187 e. The third kappa shape index (κ3) is 3.61. The third-order valence-electron chi connectivity index (χ3n) is 3.76. The summed E-state index contributed by atoms with van der Waals surface area (Å²) in [7, 11) is 0. The second-order valence-corrected chi connectivity index (χ2v) is 6.41. The fourth-order valence-electron chi connectivity index (χ4n) is 2.57. The van der Waals surface area contributed by atoms with Crippen LogP contribution in [0.2, 0.25) is 0 Å². The van der Waals surface area contributed by atoms with Gasteiger partial charge in [0.05, 0.1) is 11.4 Å². The summed E-state index contributed by atoms with van der Waals surface area (Å²) in [4.78, 5) is 8.57. The number of hydrogen-bond acceptors (Lipinski definition) is 4. The van der Waals surface area contributed by atoms with E-state index in [1.807, 2.05) is 47.1 Å². The van der Waals surface area contributed by atoms with E-state index in [9.17, 15) is 0 Å². The fourth-order valence-corrected chi connectivity index (χ4v) is 3.34. The summed E-state index contributed by atoms with van der Waals surface area (Å²) in [5.41, 5.74) is 4.31. The number of nitrogens with zero attached hydrogens (tertiary/aromatic N) is 4. The van der Waals surface area contributed by atoms with E-state index in [0.717, 1.165) is 33.4 Å². The number of aromatic nitrogens is 4. The Morgan fingerprint density at radius 2 is 1.48 bits per heavy atom. The molecule has 0 aliphatic carbocycles. The molecule has 0 bridgehead atoms. The maximum absolute atomic E-state index is 4.83. The predicted octanol–water partition coefficient (Wildman–Crippen LogP) is 4.62. The van der Waals surface area contributed by atoms with Gasteiger partial charge in [-0.3, -0.25) is 0 Å². The molecule has 25 heavy (non-hydrogen) atoms. The van der Waals surface area contributed by atoms with E-state index in [0.29, 0.717) is 0 Å². The largest absolute Gasteiger partial charge is 0.240 e. The zero-order valence-electron chi connectivity index (χ0n) is 13.5. The van der Waals surface area contributed by atoms with Gasteiger partial charge in [-0.15, -0.1) is 0 Å². The molecule has 122 valence electrons. The van der Waals surface area contributed by atoms with Gasteiger partial charge in [-0.25, -0.2) is 14.6 Å². The van der Waals surface area contributed by atoms with Crippen LogP contribution in [0.25, 0.3) is 16.9 Å². The SMILES string of the molecule is c1ccc(-c2nn(-c3ccccc3)cc2CSc2ncccn2)cc1. The lowest BCUT2D eigenvalue weighted by Crippen LogP contribution is -1.93. The van der Waals surface area contributed by atoms with Crippen molar-refractivity contribution in [1.29, 1.82) is 0 Å². The van der Waals surface area contributed by atoms with Crippen LogP contribution in [-0.2, 0) is 5.75 Å². The number of thioether (sulfide) groups is 1. The Balaban J connectivity index is 1.69. The van der Waals surface area contributed by atoms with Crippen LogP contribution >= 0.6 is 11.8 Å². The van der Waals surface area contributed by atoms with E-state index in [4.69, 9.17) is 5.10 Å². The van der Waals surface area contributed by atoms with Crippen molar-refractivity contribution in [2.24, 2.45) is 0 Å². The van der Waals surface area contributed by atoms with E-state index in [-0.39, 0.29) is 0 Å². The predicted molar refractivity (Wildman–Crippen MR) is 101 cm³/mol. The van der Waals surface area contributed by atoms with Crippen LogP contribution < -0.4 is 0 Å². The summed E-state index contributed by atoms with van der Waals surface area (Å²) in [5, 5.41) is 5.60. The van der Waals surface area contributed by atoms with Gasteiger partial charge in [-0.05, 0) is 18.2 Å². The van der Waals surface area contributed by atoms with Crippen LogP contribution in [0.1, 0.15) is 5.56 Å². The van der Waals surface area contributed by atoms with Crippen molar-refractivity contribution in [3.05, 3.63) is 90.9 Å². The highest BCUT2D eigenvalue weighted by Crippen LogP contribution is 2.28. The molecule has 5 heteroatoms. The topological polar surface area (TPSA) is 43.6 Å². The number of rotatable bonds is 5. The molecular weight excluding hydrogens is 328 g/mol. The van der Waals surface area contributed by atoms with Crippen LogP contribution in [0.3, 0.4) is 0 Å². The van der Waals surface area contributed by atoms with Gasteiger partial charge in [-0.1, -0.05) is 60.3 Å². The Kier molecular flexibility index (Phi) is 4.57. The molecule has 2 aromatic heterocycles. The van der Waals surface area contributed by atoms with E-state index >= 15 is 0 Å². The second kappa shape index (κ2) is 7.32. The van der Waals surface area contributed by atoms with Gasteiger partial charge >= 0.3 is 0 Å². The molecule has 0 fully saturated rings. The molecule has 4 nitrogen and oxygen atoms in total. The van der Waals surface area contributed by atoms with E-state index < -0.39 is 0 Å². The minimum absolute atomic E-state index is 0.765. The molecule has 0 atom stereocenters. The van der Waals surface area contributed by atoms with Gasteiger partial charge in [-0.2, -0.15) is 5.10 Å². The molecule has 0 aliphatic rings. The normalized spacial score (nSPS) is 10.7. The van der Waals surface area contributed by atoms with Crippen molar-refractivity contribution in [2.75, 3.05) is 0 Å². The lowest BCUT2D eigenvalue weighted by Gasteiger charge is -2.01. The van der Waals surface area contributed by atoms with Crippen LogP contribution in [0.15, 0.2) is 90.5 Å². The first-order chi connectivity index (χ1) is 12.4. The first kappa shape index (κ1) is 15.6. The molecule has 0 amide bonds. The van der Waals surface area contributed by atoms with Gasteiger partial charge in [0.25, 0.3) is 0 Å². The third-order valence-corrected chi connectivity index (χ3v) is 4.68. The van der Waals surface area contributed by atoms with E-state index in [1.54, 1.807) is 24.2 Å². The maximum atomic E-state index is 4.83. The molecule has 0 N–H and O–H groups in total. The summed E-state index contributed by atoms with van der Waals surface area (Å²) in [6.45, 7) is 0. The van der Waals surface area contributed by atoms with Crippen molar-refractivity contribution in [1.82, 2.24) is 19.7 Å². The van der Waals surface area contributed by atoms with Crippen molar-refractivity contribution in [3.63, 3.8) is 0 Å². The minimum Gasteiger partial charge on any atom is -0.240 e. The van der Waals surface area contributed by atoms with Gasteiger partial charge < -0.3 is 0 Å². The highest BCUT2D eigenvalue weighted by molar-refractivity contribution is 7.98. The van der Waals surface area contributed by atoms with Crippen molar-refractivity contribution in [2.45, 2.75) is 10.9 Å². The molecule has 2 heterocycles. The standard InChI is InChI=1S/C20H16N4S/c1-3-8-16(9-4-1)19-17(15-25-20-21-12-7-13-22-20)14-24(23-19)18-10-5-2-6-11-18/h1-14H,15H2. The minimum atomic E-state index is 0.765. The molecule has 4 aromatic rings. The molecule has 0 saturated heterocycles. The summed E-state index contributed by atoms with van der Waals surface area (Å²) >= 11 is 1.62. The Morgan fingerprint density at radius 1 is 0.800 bits per heavy atom. The average Bonchev–Trinajstić information content (AvgIpc) is 3.13. The van der Waals surface area contributed by atoms with Gasteiger partial charge in [0.2, 0.25) is 0 Å². The van der Waals surface area contributed by atoms with Crippen LogP contribution in [0, 0.1) is 0 Å². The zero-order valence-corrected chi connectivity index (χ0v) is 14.3. The van der Waals surface area contributed by atoms with Crippen LogP contribution in [0.5, 0.6) is 0 Å². The van der Waals surface area contributed by atoms with Gasteiger partial charge in [0.15, 0.2) is 5.16 Å². The summed E-state index contributed by atoms with van der Waals surface area (Å²) < 4.78 is 1.93. The molecule has 0 saturated carbocycles. The lowest BCUT2D eigenvalue weighted by atomic mass is 10.1. The highest BCUT2D eigenvalue weighted by atomic mass is 32.2. The van der Waals surface area contributed by atoms with Crippen molar-refractivity contribution < 1.29 is 0 Å². The van der Waals surface area contributed by atoms with E-state index in [2.05, 4.69) is 40.4 Å². The van der Waals surface area contributed by atoms with Crippen LogP contribution in [0.4, 0.5) is 0 Å². The monoisotopic (exact) mass is 344 g/mol. The number of para-hydroxylation sites is 1. The van der Waals surface area contributed by atoms with Crippen LogP contribution in [-0.4, -0.2) is 19.7 Å². The van der Waals surface area contributed by atoms with Gasteiger partial charge in [0.1, 0.15) is 0 Å². The summed E-state index contributed by atoms with van der Waals surface area (Å²) in [6.07, 6.45) is 5.62. The smallest absolute Gasteiger partial charge is 0.187 e. The molecule has 0 radical (unpaired) electrons. The van der Waals surface area contributed by atoms with E-state index in [1.165, 1.54) is 0 Å². The molecule has 0 unspecified atom stereocenters. The second-order valence-electron chi connectivity index (χ2n) is 5.47. The Morgan fingerprint density at radius 3 is 2.20 bits per heavy atom. The average molecular weight is 344 g/mol. The fraction of sp³-hybridized carbons (Fsp3) is 0.0500. The molecule has 0 spiro atoms. The first-order valence-electron chi connectivity index (χ1n) is 7.99. The van der Waals surface area contributed by atoms with Gasteiger partial charge in [0, 0.05) is 35.5 Å². The summed E-state index contributed by atoms with van der Waals surface area (Å²) in [6, 6.07) is 22.2. The molecule has 4 rings (SSSR count). The lowest BCUT2D eigenvalue weighted by molar-refractivity contribution is 0.884. The molecule has 2 aromatic carbocycles. The van der Waals surface area contributed by atoms with Crippen molar-refractivity contribution >= 4 is 11.8 Å². The number of hydrogen-bond donors (Lipinski definition) is 0. The Hall–Kier alpha value is -2.92. The quantitative estimate of drug-likeness (QED) is 0.391. The molecule has 0 aliphatic heterocycles. The summed E-state index contributed by atoms with van der Waals surface area (Å²) in [5.74, 6) is 0.765. The molecular formula is C20H16N4S. The Bertz CT molecular complexity index is 937. The Labute approximate surface area is 150 Å². The van der Waals surface area contributed by atoms with Crippen molar-refractivity contribution in [3.8, 4) is 16.9 Å². The highest BCUT2D eigenvalue weighted by Gasteiger charge is 2.13. The first-order valence-corrected chi connectivity index (χ1v) is 8.98. The zero-order chi connectivity index (χ0) is 16.9.